The average molecular weight is 273 g/mol. The Labute approximate surface area is 112 Å². The van der Waals surface area contributed by atoms with Crippen LogP contribution in [0.2, 0.25) is 5.02 Å². The molecule has 0 spiro atoms. The van der Waals surface area contributed by atoms with Crippen LogP contribution in [-0.4, -0.2) is 12.5 Å². The summed E-state index contributed by atoms with van der Waals surface area (Å²) in [5.41, 5.74) is 5.58. The van der Waals surface area contributed by atoms with Crippen molar-refractivity contribution in [2.45, 2.75) is 20.3 Å². The van der Waals surface area contributed by atoms with Gasteiger partial charge < -0.3 is 11.1 Å². The molecule has 0 fully saturated rings. The lowest BCUT2D eigenvalue weighted by Gasteiger charge is -2.17. The van der Waals surface area contributed by atoms with Crippen molar-refractivity contribution < 1.29 is 9.18 Å². The van der Waals surface area contributed by atoms with Crippen LogP contribution in [0, 0.1) is 17.7 Å². The molecular weight excluding hydrogens is 255 g/mol. The smallest absolute Gasteiger partial charge is 0.228 e. The Kier molecular flexibility index (Phi) is 5.56. The fourth-order valence-corrected chi connectivity index (χ4v) is 1.93. The Bertz CT molecular complexity index is 403. The minimum atomic E-state index is -0.545. The molecule has 1 aromatic carbocycles. The quantitative estimate of drug-likeness (QED) is 0.866. The zero-order chi connectivity index (χ0) is 13.7. The first-order valence-corrected chi connectivity index (χ1v) is 6.28. The van der Waals surface area contributed by atoms with Crippen LogP contribution in [0.4, 0.5) is 10.1 Å². The normalized spacial score (nSPS) is 12.6. The number of carbonyl (C=O) groups excluding carboxylic acids is 1. The van der Waals surface area contributed by atoms with E-state index in [2.05, 4.69) is 5.32 Å². The first kappa shape index (κ1) is 14.9. The van der Waals surface area contributed by atoms with E-state index in [4.69, 9.17) is 17.3 Å². The van der Waals surface area contributed by atoms with Crippen LogP contribution < -0.4 is 11.1 Å². The average Bonchev–Trinajstić information content (AvgIpc) is 2.30. The molecule has 1 unspecified atom stereocenters. The number of para-hydroxylation sites is 1. The maximum atomic E-state index is 13.5. The number of halogens is 2. The highest BCUT2D eigenvalue weighted by Gasteiger charge is 2.20. The molecule has 0 bridgehead atoms. The lowest BCUT2D eigenvalue weighted by atomic mass is 9.96. The van der Waals surface area contributed by atoms with E-state index in [1.54, 1.807) is 0 Å². The number of carbonyl (C=O) groups is 1. The number of nitrogens with two attached hydrogens (primary N) is 1. The number of rotatable bonds is 5. The third-order valence-corrected chi connectivity index (χ3v) is 2.94. The van der Waals surface area contributed by atoms with Gasteiger partial charge in [0.2, 0.25) is 5.91 Å². The predicted molar refractivity (Wildman–Crippen MR) is 72.0 cm³/mol. The van der Waals surface area contributed by atoms with E-state index in [-0.39, 0.29) is 29.1 Å². The summed E-state index contributed by atoms with van der Waals surface area (Å²) < 4.78 is 13.5. The summed E-state index contributed by atoms with van der Waals surface area (Å²) in [5, 5.41) is 2.69. The number of hydrogen-bond donors (Lipinski definition) is 2. The third kappa shape index (κ3) is 3.96. The standard InChI is InChI=1S/C13H18ClFN2O/c1-8(2)6-9(7-16)13(18)17-12-10(14)4-3-5-11(12)15/h3-5,8-9H,6-7,16H2,1-2H3,(H,17,18). The molecule has 0 radical (unpaired) electrons. The van der Waals surface area contributed by atoms with Gasteiger partial charge >= 0.3 is 0 Å². The van der Waals surface area contributed by atoms with Crippen LogP contribution in [-0.2, 0) is 4.79 Å². The maximum absolute atomic E-state index is 13.5. The molecule has 5 heteroatoms. The van der Waals surface area contributed by atoms with Crippen LogP contribution >= 0.6 is 11.6 Å². The number of nitrogens with one attached hydrogen (secondary N) is 1. The summed E-state index contributed by atoms with van der Waals surface area (Å²) in [6.45, 7) is 4.24. The van der Waals surface area contributed by atoms with E-state index >= 15 is 0 Å². The van der Waals surface area contributed by atoms with Gasteiger partial charge in [-0.25, -0.2) is 4.39 Å². The van der Waals surface area contributed by atoms with Crippen molar-refractivity contribution in [3.63, 3.8) is 0 Å². The SMILES string of the molecule is CC(C)CC(CN)C(=O)Nc1c(F)cccc1Cl. The van der Waals surface area contributed by atoms with Gasteiger partial charge in [0.1, 0.15) is 5.82 Å². The second kappa shape index (κ2) is 6.71. The Balaban J connectivity index is 2.80. The molecule has 1 atom stereocenters. The van der Waals surface area contributed by atoms with Crippen molar-refractivity contribution in [2.24, 2.45) is 17.6 Å². The number of anilines is 1. The Hall–Kier alpha value is -1.13. The van der Waals surface area contributed by atoms with E-state index < -0.39 is 5.82 Å². The summed E-state index contributed by atoms with van der Waals surface area (Å²) in [4.78, 5) is 12.0. The molecule has 0 aliphatic rings. The molecular formula is C13H18ClFN2O. The van der Waals surface area contributed by atoms with Gasteiger partial charge in [-0.15, -0.1) is 0 Å². The minimum Gasteiger partial charge on any atom is -0.330 e. The third-order valence-electron chi connectivity index (χ3n) is 2.62. The van der Waals surface area contributed by atoms with Gasteiger partial charge in [-0.2, -0.15) is 0 Å². The summed E-state index contributed by atoms with van der Waals surface area (Å²) in [5.74, 6) is -0.824. The van der Waals surface area contributed by atoms with Crippen molar-refractivity contribution in [3.05, 3.63) is 29.0 Å². The van der Waals surface area contributed by atoms with Crippen LogP contribution in [0.3, 0.4) is 0 Å². The highest BCUT2D eigenvalue weighted by molar-refractivity contribution is 6.33. The molecule has 1 rings (SSSR count). The molecule has 100 valence electrons. The zero-order valence-corrected chi connectivity index (χ0v) is 11.3. The van der Waals surface area contributed by atoms with E-state index in [0.29, 0.717) is 12.3 Å². The molecule has 0 heterocycles. The predicted octanol–water partition coefficient (Wildman–Crippen LogP) is 3.04. The van der Waals surface area contributed by atoms with Crippen LogP contribution in [0.25, 0.3) is 0 Å². The number of benzene rings is 1. The Morgan fingerprint density at radius 3 is 2.67 bits per heavy atom. The summed E-state index contributed by atoms with van der Waals surface area (Å²) in [6, 6.07) is 4.27. The van der Waals surface area contributed by atoms with E-state index in [1.807, 2.05) is 13.8 Å². The molecule has 0 saturated carbocycles. The molecule has 3 N–H and O–H groups in total. The van der Waals surface area contributed by atoms with Gasteiger partial charge in [0.25, 0.3) is 0 Å². The Morgan fingerprint density at radius 1 is 1.50 bits per heavy atom. The second-order valence-corrected chi connectivity index (χ2v) is 5.06. The largest absolute Gasteiger partial charge is 0.330 e. The van der Waals surface area contributed by atoms with Gasteiger partial charge in [0.15, 0.2) is 0 Å². The van der Waals surface area contributed by atoms with Crippen molar-refractivity contribution >= 4 is 23.2 Å². The number of hydrogen-bond acceptors (Lipinski definition) is 2. The molecule has 0 aliphatic heterocycles. The maximum Gasteiger partial charge on any atom is 0.228 e. The number of amides is 1. The highest BCUT2D eigenvalue weighted by Crippen LogP contribution is 2.25. The summed E-state index contributed by atoms with van der Waals surface area (Å²) in [7, 11) is 0. The first-order valence-electron chi connectivity index (χ1n) is 5.90. The zero-order valence-electron chi connectivity index (χ0n) is 10.5. The fraction of sp³-hybridized carbons (Fsp3) is 0.462. The van der Waals surface area contributed by atoms with Gasteiger partial charge in [-0.05, 0) is 24.5 Å². The molecule has 0 aromatic heterocycles. The first-order chi connectivity index (χ1) is 8.45. The van der Waals surface area contributed by atoms with Crippen LogP contribution in [0.15, 0.2) is 18.2 Å². The second-order valence-electron chi connectivity index (χ2n) is 4.65. The van der Waals surface area contributed by atoms with Gasteiger partial charge in [-0.1, -0.05) is 31.5 Å². The minimum absolute atomic E-state index is 0.0198. The Morgan fingerprint density at radius 2 is 2.17 bits per heavy atom. The molecule has 0 saturated heterocycles. The summed E-state index contributed by atoms with van der Waals surface area (Å²) in [6.07, 6.45) is 0.661. The molecule has 1 amide bonds. The van der Waals surface area contributed by atoms with Crippen molar-refractivity contribution in [1.29, 1.82) is 0 Å². The van der Waals surface area contributed by atoms with Crippen molar-refractivity contribution in [2.75, 3.05) is 11.9 Å². The lowest BCUT2D eigenvalue weighted by molar-refractivity contribution is -0.120. The van der Waals surface area contributed by atoms with Crippen LogP contribution in [0.1, 0.15) is 20.3 Å². The molecule has 1 aromatic rings. The van der Waals surface area contributed by atoms with E-state index in [9.17, 15) is 9.18 Å². The van der Waals surface area contributed by atoms with Crippen molar-refractivity contribution in [3.8, 4) is 0 Å². The van der Waals surface area contributed by atoms with Gasteiger partial charge in [-0.3, -0.25) is 4.79 Å². The van der Waals surface area contributed by atoms with Crippen molar-refractivity contribution in [1.82, 2.24) is 0 Å². The van der Waals surface area contributed by atoms with Gasteiger partial charge in [0, 0.05) is 6.54 Å². The monoisotopic (exact) mass is 272 g/mol. The van der Waals surface area contributed by atoms with Gasteiger partial charge in [0.05, 0.1) is 16.6 Å². The topological polar surface area (TPSA) is 55.1 Å². The lowest BCUT2D eigenvalue weighted by Crippen LogP contribution is -2.30. The fourth-order valence-electron chi connectivity index (χ4n) is 1.72. The van der Waals surface area contributed by atoms with E-state index in [0.717, 1.165) is 0 Å². The highest BCUT2D eigenvalue weighted by atomic mass is 35.5. The molecule has 18 heavy (non-hydrogen) atoms. The summed E-state index contributed by atoms with van der Waals surface area (Å²) >= 11 is 5.84. The molecule has 0 aliphatic carbocycles. The van der Waals surface area contributed by atoms with Crippen LogP contribution in [0.5, 0.6) is 0 Å². The molecule has 3 nitrogen and oxygen atoms in total. The van der Waals surface area contributed by atoms with E-state index in [1.165, 1.54) is 18.2 Å².